The van der Waals surface area contributed by atoms with E-state index in [9.17, 15) is 13.2 Å². The second-order valence-corrected chi connectivity index (χ2v) is 6.73. The Balaban J connectivity index is 0.00000420. The largest absolute Gasteiger partial charge is 0.433 e. The van der Waals surface area contributed by atoms with Gasteiger partial charge in [0, 0.05) is 38.9 Å². The second-order valence-electron chi connectivity index (χ2n) is 6.73. The molecule has 1 aliphatic heterocycles. The van der Waals surface area contributed by atoms with Crippen molar-refractivity contribution in [3.05, 3.63) is 18.0 Å². The Morgan fingerprint density at radius 1 is 1.38 bits per heavy atom. The number of nitrogens with one attached hydrogen (secondary N) is 2. The molecule has 0 saturated carbocycles. The molecule has 2 N–H and O–H groups in total. The molecule has 2 rings (SSSR count). The third-order valence-electron chi connectivity index (χ3n) is 4.69. The first-order valence-corrected chi connectivity index (χ1v) is 9.72. The van der Waals surface area contributed by atoms with Gasteiger partial charge in [-0.15, -0.1) is 24.0 Å². The van der Waals surface area contributed by atoms with Gasteiger partial charge in [-0.25, -0.2) is 9.97 Å². The minimum atomic E-state index is -4.48. The SMILES string of the molecule is CCNC(=NCCNc1nccc(C(F)(F)F)n1)N(C)CC1CCCN1CC.I. The Hall–Kier alpha value is -1.37. The van der Waals surface area contributed by atoms with Gasteiger partial charge < -0.3 is 15.5 Å². The number of likely N-dealkylation sites (tertiary alicyclic amines) is 1. The Bertz CT molecular complexity index is 642. The third kappa shape index (κ3) is 8.11. The third-order valence-corrected chi connectivity index (χ3v) is 4.69. The van der Waals surface area contributed by atoms with Crippen molar-refractivity contribution in [1.29, 1.82) is 0 Å². The van der Waals surface area contributed by atoms with Crippen LogP contribution in [0.25, 0.3) is 0 Å². The van der Waals surface area contributed by atoms with E-state index >= 15 is 0 Å². The number of rotatable bonds is 8. The molecule has 0 aliphatic carbocycles. The van der Waals surface area contributed by atoms with E-state index in [2.05, 4.69) is 42.3 Å². The Morgan fingerprint density at radius 3 is 2.79 bits per heavy atom. The molecule has 1 aromatic rings. The molecule has 2 heterocycles. The van der Waals surface area contributed by atoms with Gasteiger partial charge in [-0.1, -0.05) is 6.92 Å². The maximum atomic E-state index is 12.7. The lowest BCUT2D eigenvalue weighted by molar-refractivity contribution is -0.141. The number of aliphatic imine (C=N–C) groups is 1. The fourth-order valence-electron chi connectivity index (χ4n) is 3.32. The zero-order chi connectivity index (χ0) is 20.6. The quantitative estimate of drug-likeness (QED) is 0.234. The summed E-state index contributed by atoms with van der Waals surface area (Å²) in [5.41, 5.74) is -0.960. The number of alkyl halides is 3. The number of aromatic nitrogens is 2. The van der Waals surface area contributed by atoms with Crippen LogP contribution in [0.1, 0.15) is 32.4 Å². The zero-order valence-electron chi connectivity index (χ0n) is 17.2. The van der Waals surface area contributed by atoms with Crippen LogP contribution in [0.2, 0.25) is 0 Å². The number of hydrogen-bond acceptors (Lipinski definition) is 5. The van der Waals surface area contributed by atoms with Gasteiger partial charge in [-0.3, -0.25) is 9.89 Å². The van der Waals surface area contributed by atoms with Crippen LogP contribution in [0.15, 0.2) is 17.3 Å². The van der Waals surface area contributed by atoms with Gasteiger partial charge in [-0.2, -0.15) is 13.2 Å². The average molecular weight is 529 g/mol. The predicted octanol–water partition coefficient (Wildman–Crippen LogP) is 2.91. The molecular formula is C18H31F3IN7. The molecule has 11 heteroatoms. The summed E-state index contributed by atoms with van der Waals surface area (Å²) in [4.78, 5) is 16.5. The molecule has 0 bridgehead atoms. The van der Waals surface area contributed by atoms with Crippen molar-refractivity contribution in [1.82, 2.24) is 25.1 Å². The van der Waals surface area contributed by atoms with Crippen molar-refractivity contribution in [2.45, 2.75) is 38.9 Å². The first kappa shape index (κ1) is 25.7. The molecule has 0 radical (unpaired) electrons. The normalized spacial score (nSPS) is 17.7. The van der Waals surface area contributed by atoms with Gasteiger partial charge in [0.2, 0.25) is 5.95 Å². The second kappa shape index (κ2) is 12.4. The van der Waals surface area contributed by atoms with E-state index in [0.29, 0.717) is 19.1 Å². The molecule has 7 nitrogen and oxygen atoms in total. The molecule has 0 aromatic carbocycles. The molecule has 1 fully saturated rings. The Morgan fingerprint density at radius 2 is 2.14 bits per heavy atom. The predicted molar refractivity (Wildman–Crippen MR) is 120 cm³/mol. The van der Waals surface area contributed by atoms with E-state index in [1.54, 1.807) is 0 Å². The molecule has 1 aromatic heterocycles. The van der Waals surface area contributed by atoms with Crippen LogP contribution in [0, 0.1) is 0 Å². The van der Waals surface area contributed by atoms with E-state index < -0.39 is 11.9 Å². The minimum absolute atomic E-state index is 0. The summed E-state index contributed by atoms with van der Waals surface area (Å²) < 4.78 is 38.1. The molecule has 1 atom stereocenters. The van der Waals surface area contributed by atoms with Crippen molar-refractivity contribution in [3.63, 3.8) is 0 Å². The summed E-state index contributed by atoms with van der Waals surface area (Å²) in [7, 11) is 2.01. The van der Waals surface area contributed by atoms with Crippen LogP contribution < -0.4 is 10.6 Å². The van der Waals surface area contributed by atoms with Crippen LogP contribution in [0.4, 0.5) is 19.1 Å². The number of likely N-dealkylation sites (N-methyl/N-ethyl adjacent to an activating group) is 2. The summed E-state index contributed by atoms with van der Waals surface area (Å²) >= 11 is 0. The van der Waals surface area contributed by atoms with E-state index in [1.165, 1.54) is 12.8 Å². The molecule has 1 saturated heterocycles. The highest BCUT2D eigenvalue weighted by molar-refractivity contribution is 14.0. The van der Waals surface area contributed by atoms with Gasteiger partial charge in [0.05, 0.1) is 6.54 Å². The first-order chi connectivity index (χ1) is 13.3. The Labute approximate surface area is 187 Å². The maximum Gasteiger partial charge on any atom is 0.433 e. The van der Waals surface area contributed by atoms with E-state index in [1.807, 2.05) is 14.0 Å². The maximum absolute atomic E-state index is 12.7. The lowest BCUT2D eigenvalue weighted by Gasteiger charge is -2.29. The number of nitrogens with zero attached hydrogens (tertiary/aromatic N) is 5. The van der Waals surface area contributed by atoms with Crippen LogP contribution in [0.3, 0.4) is 0 Å². The highest BCUT2D eigenvalue weighted by Crippen LogP contribution is 2.27. The summed E-state index contributed by atoms with van der Waals surface area (Å²) in [6.45, 7) is 8.75. The average Bonchev–Trinajstić information content (AvgIpc) is 3.10. The molecule has 29 heavy (non-hydrogen) atoms. The van der Waals surface area contributed by atoms with Crippen molar-refractivity contribution in [2.75, 3.05) is 51.6 Å². The van der Waals surface area contributed by atoms with Crippen molar-refractivity contribution in [2.24, 2.45) is 4.99 Å². The molecule has 1 aliphatic rings. The summed E-state index contributed by atoms with van der Waals surface area (Å²) in [6, 6.07) is 1.37. The van der Waals surface area contributed by atoms with Gasteiger partial charge in [0.25, 0.3) is 0 Å². The van der Waals surface area contributed by atoms with Crippen LogP contribution in [0.5, 0.6) is 0 Å². The number of hydrogen-bond donors (Lipinski definition) is 2. The lowest BCUT2D eigenvalue weighted by atomic mass is 10.2. The van der Waals surface area contributed by atoms with Crippen molar-refractivity contribution >= 4 is 35.9 Å². The molecule has 166 valence electrons. The van der Waals surface area contributed by atoms with Gasteiger partial charge in [0.1, 0.15) is 5.69 Å². The summed E-state index contributed by atoms with van der Waals surface area (Å²) in [6.07, 6.45) is -0.974. The monoisotopic (exact) mass is 529 g/mol. The minimum Gasteiger partial charge on any atom is -0.357 e. The molecular weight excluding hydrogens is 498 g/mol. The number of guanidine groups is 1. The van der Waals surface area contributed by atoms with Gasteiger partial charge in [-0.05, 0) is 38.9 Å². The number of anilines is 1. The van der Waals surface area contributed by atoms with Gasteiger partial charge >= 0.3 is 6.18 Å². The highest BCUT2D eigenvalue weighted by Gasteiger charge is 2.32. The molecule has 0 spiro atoms. The smallest absolute Gasteiger partial charge is 0.357 e. The molecule has 1 unspecified atom stereocenters. The fraction of sp³-hybridized carbons (Fsp3) is 0.722. The van der Waals surface area contributed by atoms with Crippen molar-refractivity contribution < 1.29 is 13.2 Å². The van der Waals surface area contributed by atoms with Crippen LogP contribution >= 0.6 is 24.0 Å². The molecule has 0 amide bonds. The van der Waals surface area contributed by atoms with Crippen molar-refractivity contribution in [3.8, 4) is 0 Å². The summed E-state index contributed by atoms with van der Waals surface area (Å²) in [5, 5.41) is 6.07. The van der Waals surface area contributed by atoms with Gasteiger partial charge in [0.15, 0.2) is 5.96 Å². The fourth-order valence-corrected chi connectivity index (χ4v) is 3.32. The van der Waals surface area contributed by atoms with Crippen LogP contribution in [-0.2, 0) is 6.18 Å². The standard InChI is InChI=1S/C18H30F3N7.HI/c1-4-22-17(27(3)13-14-7-6-12-28(14)5-2)25-11-10-24-16-23-9-8-15(26-16)18(19,20)21;/h8-9,14H,4-7,10-13H2,1-3H3,(H,22,25)(H,23,24,26);1H. The van der Waals surface area contributed by atoms with E-state index in [0.717, 1.165) is 44.4 Å². The summed E-state index contributed by atoms with van der Waals surface area (Å²) in [5.74, 6) is 0.741. The zero-order valence-corrected chi connectivity index (χ0v) is 19.5. The van der Waals surface area contributed by atoms with E-state index in [4.69, 9.17) is 0 Å². The Kier molecular flexibility index (Phi) is 10.9. The highest BCUT2D eigenvalue weighted by atomic mass is 127. The van der Waals surface area contributed by atoms with Crippen LogP contribution in [-0.4, -0.2) is 78.1 Å². The first-order valence-electron chi connectivity index (χ1n) is 9.72. The topological polar surface area (TPSA) is 68.7 Å². The lowest BCUT2D eigenvalue weighted by Crippen LogP contribution is -2.46. The van der Waals surface area contributed by atoms with E-state index in [-0.39, 0.29) is 29.9 Å². The number of halogens is 4.